The molecule has 1 fully saturated rings. The Bertz CT molecular complexity index is 179. The van der Waals surface area contributed by atoms with Crippen LogP contribution in [0.3, 0.4) is 0 Å². The maximum Gasteiger partial charge on any atom is 0.0791 e. The average Bonchev–Trinajstić information content (AvgIpc) is 2.67. The van der Waals surface area contributed by atoms with Gasteiger partial charge in [0.15, 0.2) is 0 Å². The van der Waals surface area contributed by atoms with E-state index in [9.17, 15) is 5.11 Å². The van der Waals surface area contributed by atoms with Crippen molar-refractivity contribution in [2.24, 2.45) is 5.92 Å². The summed E-state index contributed by atoms with van der Waals surface area (Å²) in [7, 11) is 2.12. The number of hydrogen-bond acceptors (Lipinski definition) is 3. The number of likely N-dealkylation sites (N-methyl/N-ethyl adjacent to an activating group) is 1. The quantitative estimate of drug-likeness (QED) is 0.692. The molecule has 0 aromatic rings. The molecule has 3 nitrogen and oxygen atoms in total. The van der Waals surface area contributed by atoms with Crippen LogP contribution in [0.25, 0.3) is 0 Å². The van der Waals surface area contributed by atoms with Crippen molar-refractivity contribution in [3.8, 4) is 0 Å². The second kappa shape index (κ2) is 7.25. The highest BCUT2D eigenvalue weighted by molar-refractivity contribution is 4.72. The molecule has 2 N–H and O–H groups in total. The van der Waals surface area contributed by atoms with E-state index >= 15 is 0 Å². The van der Waals surface area contributed by atoms with Crippen LogP contribution in [-0.4, -0.2) is 48.8 Å². The van der Waals surface area contributed by atoms with E-state index in [0.29, 0.717) is 12.6 Å². The van der Waals surface area contributed by atoms with Crippen LogP contribution in [0.5, 0.6) is 0 Å². The number of nitrogens with one attached hydrogen (secondary N) is 1. The Kier molecular flexibility index (Phi) is 6.32. The minimum absolute atomic E-state index is 0.242. The number of aliphatic hydroxyl groups is 1. The van der Waals surface area contributed by atoms with Crippen LogP contribution in [-0.2, 0) is 0 Å². The summed E-state index contributed by atoms with van der Waals surface area (Å²) < 4.78 is 0. The normalized spacial score (nSPS) is 19.9. The fraction of sp³-hybridized carbons (Fsp3) is 1.00. The molecule has 3 heteroatoms. The Hall–Kier alpha value is -0.120. The SMILES string of the molecule is CC(C)NCC(O)CN(C)CC1CCCC1. The summed E-state index contributed by atoms with van der Waals surface area (Å²) in [5, 5.41) is 13.1. The molecule has 0 aromatic heterocycles. The Balaban J connectivity index is 2.09. The molecule has 1 rings (SSSR count). The summed E-state index contributed by atoms with van der Waals surface area (Å²) in [6.45, 7) is 6.85. The number of aliphatic hydroxyl groups excluding tert-OH is 1. The largest absolute Gasteiger partial charge is 0.390 e. The van der Waals surface area contributed by atoms with Crippen molar-refractivity contribution in [1.82, 2.24) is 10.2 Å². The van der Waals surface area contributed by atoms with E-state index in [1.54, 1.807) is 0 Å². The highest BCUT2D eigenvalue weighted by Crippen LogP contribution is 2.25. The third-order valence-electron chi connectivity index (χ3n) is 3.33. The highest BCUT2D eigenvalue weighted by Gasteiger charge is 2.18. The van der Waals surface area contributed by atoms with Gasteiger partial charge in [0.25, 0.3) is 0 Å². The minimum Gasteiger partial charge on any atom is -0.390 e. The molecule has 0 amide bonds. The van der Waals surface area contributed by atoms with E-state index in [1.807, 2.05) is 0 Å². The van der Waals surface area contributed by atoms with Crippen molar-refractivity contribution < 1.29 is 5.11 Å². The van der Waals surface area contributed by atoms with Gasteiger partial charge in [0.05, 0.1) is 6.10 Å². The molecule has 1 aliphatic rings. The molecule has 0 saturated heterocycles. The highest BCUT2D eigenvalue weighted by atomic mass is 16.3. The lowest BCUT2D eigenvalue weighted by molar-refractivity contribution is 0.114. The molecule has 16 heavy (non-hydrogen) atoms. The van der Waals surface area contributed by atoms with Gasteiger partial charge in [0.2, 0.25) is 0 Å². The second-order valence-corrected chi connectivity index (χ2v) is 5.59. The van der Waals surface area contributed by atoms with Crippen LogP contribution in [0, 0.1) is 5.92 Å². The van der Waals surface area contributed by atoms with Crippen LogP contribution in [0.15, 0.2) is 0 Å². The van der Waals surface area contributed by atoms with Crippen molar-refractivity contribution in [1.29, 1.82) is 0 Å². The summed E-state index contributed by atoms with van der Waals surface area (Å²) >= 11 is 0. The van der Waals surface area contributed by atoms with Gasteiger partial charge in [-0.25, -0.2) is 0 Å². The predicted molar refractivity (Wildman–Crippen MR) is 68.6 cm³/mol. The van der Waals surface area contributed by atoms with Gasteiger partial charge in [0, 0.05) is 25.7 Å². The Labute approximate surface area is 100 Å². The van der Waals surface area contributed by atoms with Gasteiger partial charge in [-0.05, 0) is 25.8 Å². The summed E-state index contributed by atoms with van der Waals surface area (Å²) in [5.41, 5.74) is 0. The Morgan fingerprint density at radius 1 is 1.31 bits per heavy atom. The van der Waals surface area contributed by atoms with Crippen LogP contribution in [0.1, 0.15) is 39.5 Å². The van der Waals surface area contributed by atoms with Gasteiger partial charge in [-0.15, -0.1) is 0 Å². The Morgan fingerprint density at radius 3 is 2.50 bits per heavy atom. The van der Waals surface area contributed by atoms with Crippen LogP contribution >= 0.6 is 0 Å². The molecule has 0 spiro atoms. The molecule has 0 aliphatic heterocycles. The van der Waals surface area contributed by atoms with E-state index in [1.165, 1.54) is 25.7 Å². The average molecular weight is 228 g/mol. The lowest BCUT2D eigenvalue weighted by Gasteiger charge is -2.24. The minimum atomic E-state index is -0.242. The van der Waals surface area contributed by atoms with Gasteiger partial charge < -0.3 is 15.3 Å². The topological polar surface area (TPSA) is 35.5 Å². The molecule has 96 valence electrons. The first-order chi connectivity index (χ1) is 7.58. The fourth-order valence-corrected chi connectivity index (χ4v) is 2.50. The van der Waals surface area contributed by atoms with Gasteiger partial charge in [-0.3, -0.25) is 0 Å². The predicted octanol–water partition coefficient (Wildman–Crippen LogP) is 1.47. The number of nitrogens with zero attached hydrogens (tertiary/aromatic N) is 1. The summed E-state index contributed by atoms with van der Waals surface area (Å²) in [6.07, 6.45) is 5.31. The number of hydrogen-bond donors (Lipinski definition) is 2. The zero-order valence-electron chi connectivity index (χ0n) is 11.1. The molecule has 1 aliphatic carbocycles. The van der Waals surface area contributed by atoms with E-state index < -0.39 is 0 Å². The van der Waals surface area contributed by atoms with E-state index in [-0.39, 0.29) is 6.10 Å². The smallest absolute Gasteiger partial charge is 0.0791 e. The molecule has 1 saturated carbocycles. The monoisotopic (exact) mass is 228 g/mol. The second-order valence-electron chi connectivity index (χ2n) is 5.59. The molecule has 1 atom stereocenters. The number of rotatable bonds is 7. The standard InChI is InChI=1S/C13H28N2O/c1-11(2)14-8-13(16)10-15(3)9-12-6-4-5-7-12/h11-14,16H,4-10H2,1-3H3. The summed E-state index contributed by atoms with van der Waals surface area (Å²) in [6, 6.07) is 0.454. The van der Waals surface area contributed by atoms with E-state index in [2.05, 4.69) is 31.1 Å². The van der Waals surface area contributed by atoms with Crippen LogP contribution in [0.2, 0.25) is 0 Å². The molecule has 0 radical (unpaired) electrons. The maximum atomic E-state index is 9.84. The van der Waals surface area contributed by atoms with Crippen molar-refractivity contribution in [2.45, 2.75) is 51.7 Å². The molecule has 0 heterocycles. The third-order valence-corrected chi connectivity index (χ3v) is 3.33. The van der Waals surface area contributed by atoms with Gasteiger partial charge in [0.1, 0.15) is 0 Å². The van der Waals surface area contributed by atoms with Crippen molar-refractivity contribution in [3.05, 3.63) is 0 Å². The van der Waals surface area contributed by atoms with E-state index in [4.69, 9.17) is 0 Å². The molecule has 1 unspecified atom stereocenters. The molecular formula is C13H28N2O. The maximum absolute atomic E-state index is 9.84. The van der Waals surface area contributed by atoms with Crippen molar-refractivity contribution in [3.63, 3.8) is 0 Å². The first-order valence-corrected chi connectivity index (χ1v) is 6.68. The van der Waals surface area contributed by atoms with Gasteiger partial charge >= 0.3 is 0 Å². The fourth-order valence-electron chi connectivity index (χ4n) is 2.50. The van der Waals surface area contributed by atoms with Crippen molar-refractivity contribution in [2.75, 3.05) is 26.7 Å². The van der Waals surface area contributed by atoms with Gasteiger partial charge in [-0.1, -0.05) is 26.7 Å². The molecule has 0 bridgehead atoms. The molecular weight excluding hydrogens is 200 g/mol. The lowest BCUT2D eigenvalue weighted by atomic mass is 10.1. The summed E-state index contributed by atoms with van der Waals surface area (Å²) in [5.74, 6) is 0.871. The van der Waals surface area contributed by atoms with Gasteiger partial charge in [-0.2, -0.15) is 0 Å². The lowest BCUT2D eigenvalue weighted by Crippen LogP contribution is -2.40. The van der Waals surface area contributed by atoms with Crippen LogP contribution < -0.4 is 5.32 Å². The first-order valence-electron chi connectivity index (χ1n) is 6.68. The zero-order chi connectivity index (χ0) is 12.0. The zero-order valence-corrected chi connectivity index (χ0v) is 11.1. The molecule has 0 aromatic carbocycles. The third kappa shape index (κ3) is 5.83. The summed E-state index contributed by atoms with van der Waals surface area (Å²) in [4.78, 5) is 2.28. The van der Waals surface area contributed by atoms with Crippen molar-refractivity contribution >= 4 is 0 Å². The first kappa shape index (κ1) is 13.9. The Morgan fingerprint density at radius 2 is 1.94 bits per heavy atom. The van der Waals surface area contributed by atoms with E-state index in [0.717, 1.165) is 19.0 Å². The van der Waals surface area contributed by atoms with Crippen LogP contribution in [0.4, 0.5) is 0 Å².